The van der Waals surface area contributed by atoms with Crippen LogP contribution in [-0.4, -0.2) is 35.0 Å². The summed E-state index contributed by atoms with van der Waals surface area (Å²) in [7, 11) is 0. The van der Waals surface area contributed by atoms with Crippen molar-refractivity contribution in [1.29, 1.82) is 0 Å². The standard InChI is InChI=1S/C12H22N2O4/c1-5-6-9(12(17)18)14-11(16)10(7(2)3)13-8(4)15/h7,9-10H,5-6H2,1-4H3,(H,13,15)(H,14,16)(H,17,18)/t9-,10-/m0/s1. The summed E-state index contributed by atoms with van der Waals surface area (Å²) in [6.45, 7) is 6.74. The summed E-state index contributed by atoms with van der Waals surface area (Å²) in [6.07, 6.45) is 1.02. The van der Waals surface area contributed by atoms with E-state index in [0.717, 1.165) is 0 Å². The number of nitrogens with one attached hydrogen (secondary N) is 2. The molecule has 0 unspecified atom stereocenters. The van der Waals surface area contributed by atoms with Gasteiger partial charge in [0.25, 0.3) is 0 Å². The molecule has 6 nitrogen and oxygen atoms in total. The molecule has 2 atom stereocenters. The number of hydrogen-bond donors (Lipinski definition) is 3. The molecular formula is C12H22N2O4. The minimum absolute atomic E-state index is 0.107. The molecule has 0 saturated heterocycles. The zero-order valence-corrected chi connectivity index (χ0v) is 11.3. The predicted octanol–water partition coefficient (Wildman–Crippen LogP) is 0.517. The molecule has 0 bridgehead atoms. The lowest BCUT2D eigenvalue weighted by atomic mass is 10.0. The van der Waals surface area contributed by atoms with E-state index in [0.29, 0.717) is 12.8 Å². The van der Waals surface area contributed by atoms with E-state index in [2.05, 4.69) is 10.6 Å². The van der Waals surface area contributed by atoms with Gasteiger partial charge in [-0.1, -0.05) is 27.2 Å². The number of aliphatic carboxylic acids is 1. The quantitative estimate of drug-likeness (QED) is 0.620. The number of carbonyl (C=O) groups excluding carboxylic acids is 2. The van der Waals surface area contributed by atoms with Crippen LogP contribution in [0.25, 0.3) is 0 Å². The zero-order valence-electron chi connectivity index (χ0n) is 11.3. The summed E-state index contributed by atoms with van der Waals surface area (Å²) in [4.78, 5) is 33.9. The Bertz CT molecular complexity index is 315. The molecule has 0 rings (SSSR count). The Kier molecular flexibility index (Phi) is 7.00. The van der Waals surface area contributed by atoms with Gasteiger partial charge in [0, 0.05) is 6.92 Å². The van der Waals surface area contributed by atoms with Crippen LogP contribution in [0, 0.1) is 5.92 Å². The van der Waals surface area contributed by atoms with Gasteiger partial charge >= 0.3 is 5.97 Å². The molecule has 0 radical (unpaired) electrons. The summed E-state index contributed by atoms with van der Waals surface area (Å²) < 4.78 is 0. The van der Waals surface area contributed by atoms with Crippen LogP contribution in [0.2, 0.25) is 0 Å². The molecule has 0 spiro atoms. The van der Waals surface area contributed by atoms with E-state index >= 15 is 0 Å². The molecule has 0 heterocycles. The highest BCUT2D eigenvalue weighted by molar-refractivity contribution is 5.90. The van der Waals surface area contributed by atoms with Crippen molar-refractivity contribution < 1.29 is 19.5 Å². The van der Waals surface area contributed by atoms with Crippen molar-refractivity contribution in [3.8, 4) is 0 Å². The lowest BCUT2D eigenvalue weighted by Crippen LogP contribution is -2.53. The van der Waals surface area contributed by atoms with Gasteiger partial charge < -0.3 is 15.7 Å². The molecule has 104 valence electrons. The fourth-order valence-electron chi connectivity index (χ4n) is 1.56. The van der Waals surface area contributed by atoms with Crippen LogP contribution < -0.4 is 10.6 Å². The SMILES string of the molecule is CCC[C@H](NC(=O)[C@@H](NC(C)=O)C(C)C)C(=O)O. The largest absolute Gasteiger partial charge is 0.480 e. The van der Waals surface area contributed by atoms with Crippen molar-refractivity contribution in [2.24, 2.45) is 5.92 Å². The third-order valence-corrected chi connectivity index (χ3v) is 2.50. The number of hydrogen-bond acceptors (Lipinski definition) is 3. The minimum Gasteiger partial charge on any atom is -0.480 e. The molecule has 18 heavy (non-hydrogen) atoms. The molecule has 0 aromatic heterocycles. The summed E-state index contributed by atoms with van der Waals surface area (Å²) in [6, 6.07) is -1.61. The molecule has 0 fully saturated rings. The average molecular weight is 258 g/mol. The molecule has 0 aliphatic heterocycles. The maximum atomic E-state index is 11.9. The number of rotatable bonds is 7. The van der Waals surface area contributed by atoms with Crippen LogP contribution in [0.3, 0.4) is 0 Å². The average Bonchev–Trinajstić information content (AvgIpc) is 2.24. The summed E-state index contributed by atoms with van der Waals surface area (Å²) in [5.41, 5.74) is 0. The fraction of sp³-hybridized carbons (Fsp3) is 0.750. The molecule has 3 N–H and O–H groups in total. The molecule has 0 aromatic rings. The van der Waals surface area contributed by atoms with Crippen LogP contribution in [0.4, 0.5) is 0 Å². The Hall–Kier alpha value is -1.59. The Morgan fingerprint density at radius 2 is 1.72 bits per heavy atom. The van der Waals surface area contributed by atoms with Gasteiger partial charge in [-0.2, -0.15) is 0 Å². The third kappa shape index (κ3) is 5.65. The highest BCUT2D eigenvalue weighted by atomic mass is 16.4. The van der Waals surface area contributed by atoms with Gasteiger partial charge in [0.15, 0.2) is 0 Å². The number of carbonyl (C=O) groups is 3. The Balaban J connectivity index is 4.66. The fourth-order valence-corrected chi connectivity index (χ4v) is 1.56. The lowest BCUT2D eigenvalue weighted by Gasteiger charge is -2.23. The monoisotopic (exact) mass is 258 g/mol. The van der Waals surface area contributed by atoms with Gasteiger partial charge in [-0.15, -0.1) is 0 Å². The van der Waals surface area contributed by atoms with Gasteiger partial charge in [0.1, 0.15) is 12.1 Å². The van der Waals surface area contributed by atoms with Crippen molar-refractivity contribution in [2.45, 2.75) is 52.6 Å². The normalized spacial score (nSPS) is 13.8. The van der Waals surface area contributed by atoms with E-state index in [9.17, 15) is 14.4 Å². The Labute approximate surface area is 107 Å². The smallest absolute Gasteiger partial charge is 0.326 e. The maximum Gasteiger partial charge on any atom is 0.326 e. The highest BCUT2D eigenvalue weighted by Crippen LogP contribution is 2.04. The van der Waals surface area contributed by atoms with Crippen LogP contribution >= 0.6 is 0 Å². The second kappa shape index (κ2) is 7.68. The first kappa shape index (κ1) is 16.4. The van der Waals surface area contributed by atoms with Crippen LogP contribution in [-0.2, 0) is 14.4 Å². The summed E-state index contributed by atoms with van der Waals surface area (Å²) in [5, 5.41) is 13.9. The molecule has 2 amide bonds. The summed E-state index contributed by atoms with van der Waals surface area (Å²) in [5.74, 6) is -1.94. The first-order valence-electron chi connectivity index (χ1n) is 6.09. The number of carboxylic acids is 1. The minimum atomic E-state index is -1.06. The van der Waals surface area contributed by atoms with Crippen LogP contribution in [0.5, 0.6) is 0 Å². The van der Waals surface area contributed by atoms with Crippen molar-refractivity contribution in [3.05, 3.63) is 0 Å². The highest BCUT2D eigenvalue weighted by Gasteiger charge is 2.27. The van der Waals surface area contributed by atoms with Gasteiger partial charge in [-0.25, -0.2) is 4.79 Å². The van der Waals surface area contributed by atoms with Crippen molar-refractivity contribution >= 4 is 17.8 Å². The van der Waals surface area contributed by atoms with E-state index in [1.165, 1.54) is 6.92 Å². The zero-order chi connectivity index (χ0) is 14.3. The first-order valence-corrected chi connectivity index (χ1v) is 6.09. The molecule has 0 saturated carbocycles. The summed E-state index contributed by atoms with van der Waals surface area (Å²) >= 11 is 0. The number of carboxylic acid groups (broad SMARTS) is 1. The second-order valence-corrected chi connectivity index (χ2v) is 4.61. The molecule has 0 aliphatic rings. The van der Waals surface area contributed by atoms with Gasteiger partial charge in [-0.3, -0.25) is 9.59 Å². The number of amides is 2. The molecular weight excluding hydrogens is 236 g/mol. The van der Waals surface area contributed by atoms with Crippen molar-refractivity contribution in [1.82, 2.24) is 10.6 Å². The second-order valence-electron chi connectivity index (χ2n) is 4.61. The lowest BCUT2D eigenvalue weighted by molar-refractivity contribution is -0.142. The van der Waals surface area contributed by atoms with E-state index < -0.39 is 24.0 Å². The molecule has 0 aliphatic carbocycles. The van der Waals surface area contributed by atoms with Crippen molar-refractivity contribution in [2.75, 3.05) is 0 Å². The maximum absolute atomic E-state index is 11.9. The molecule has 0 aromatic carbocycles. The Morgan fingerprint density at radius 3 is 2.06 bits per heavy atom. The third-order valence-electron chi connectivity index (χ3n) is 2.50. The first-order chi connectivity index (χ1) is 8.29. The predicted molar refractivity (Wildman–Crippen MR) is 66.9 cm³/mol. The van der Waals surface area contributed by atoms with Crippen molar-refractivity contribution in [3.63, 3.8) is 0 Å². The van der Waals surface area contributed by atoms with Gasteiger partial charge in [0.05, 0.1) is 0 Å². The topological polar surface area (TPSA) is 95.5 Å². The Morgan fingerprint density at radius 1 is 1.17 bits per heavy atom. The van der Waals surface area contributed by atoms with E-state index in [1.807, 2.05) is 6.92 Å². The van der Waals surface area contributed by atoms with Gasteiger partial charge in [-0.05, 0) is 12.3 Å². The molecule has 6 heteroatoms. The van der Waals surface area contributed by atoms with Gasteiger partial charge in [0.2, 0.25) is 11.8 Å². The van der Waals surface area contributed by atoms with Crippen LogP contribution in [0.1, 0.15) is 40.5 Å². The van der Waals surface area contributed by atoms with Crippen LogP contribution in [0.15, 0.2) is 0 Å². The van der Waals surface area contributed by atoms with E-state index in [-0.39, 0.29) is 11.8 Å². The van der Waals surface area contributed by atoms with E-state index in [4.69, 9.17) is 5.11 Å². The van der Waals surface area contributed by atoms with E-state index in [1.54, 1.807) is 13.8 Å².